The van der Waals surface area contributed by atoms with Gasteiger partial charge in [-0.25, -0.2) is 0 Å². The van der Waals surface area contributed by atoms with Crippen LogP contribution in [0.2, 0.25) is 0 Å². The molecule has 0 spiro atoms. The van der Waals surface area contributed by atoms with Crippen molar-refractivity contribution in [3.8, 4) is 0 Å². The summed E-state index contributed by atoms with van der Waals surface area (Å²) in [5.74, 6) is -1.43. The Morgan fingerprint density at radius 3 is 2.45 bits per heavy atom. The lowest BCUT2D eigenvalue weighted by Crippen LogP contribution is -2.45. The number of carbonyl (C=O) groups excluding carboxylic acids is 2. The van der Waals surface area contributed by atoms with Crippen molar-refractivity contribution in [3.63, 3.8) is 0 Å². The Hall–Kier alpha value is -1.39. The Labute approximate surface area is 119 Å². The zero-order valence-electron chi connectivity index (χ0n) is 12.2. The first-order valence-electron chi connectivity index (χ1n) is 7.54. The topological polar surface area (TPSA) is 74.7 Å². The van der Waals surface area contributed by atoms with Crippen molar-refractivity contribution in [1.29, 1.82) is 0 Å². The van der Waals surface area contributed by atoms with Crippen LogP contribution in [0.3, 0.4) is 0 Å². The fourth-order valence-electron chi connectivity index (χ4n) is 3.61. The van der Waals surface area contributed by atoms with Crippen LogP contribution in [0, 0.1) is 11.3 Å². The second-order valence-electron chi connectivity index (χ2n) is 6.09. The number of aliphatic carboxylic acids is 1. The number of rotatable bonds is 4. The largest absolute Gasteiger partial charge is 0.481 e. The van der Waals surface area contributed by atoms with Crippen molar-refractivity contribution in [3.05, 3.63) is 0 Å². The Bertz CT molecular complexity index is 428. The predicted octanol–water partition coefficient (Wildman–Crippen LogP) is 2.20. The molecule has 1 heterocycles. The highest BCUT2D eigenvalue weighted by molar-refractivity contribution is 6.06. The molecule has 5 nitrogen and oxygen atoms in total. The Morgan fingerprint density at radius 1 is 1.30 bits per heavy atom. The molecule has 1 saturated heterocycles. The predicted molar refractivity (Wildman–Crippen MR) is 72.9 cm³/mol. The maximum absolute atomic E-state index is 12.6. The Kier molecular flexibility index (Phi) is 4.16. The van der Waals surface area contributed by atoms with Gasteiger partial charge in [0, 0.05) is 12.5 Å². The van der Waals surface area contributed by atoms with Gasteiger partial charge in [0.15, 0.2) is 0 Å². The average Bonchev–Trinajstić information content (AvgIpc) is 2.70. The molecule has 1 aliphatic carbocycles. The highest BCUT2D eigenvalue weighted by atomic mass is 16.4. The third-order valence-electron chi connectivity index (χ3n) is 5.15. The van der Waals surface area contributed by atoms with Gasteiger partial charge in [0.1, 0.15) is 0 Å². The maximum atomic E-state index is 12.6. The van der Waals surface area contributed by atoms with Crippen LogP contribution in [0.15, 0.2) is 0 Å². The van der Waals surface area contributed by atoms with E-state index in [0.29, 0.717) is 25.7 Å². The molecule has 2 rings (SSSR count). The van der Waals surface area contributed by atoms with E-state index in [1.807, 2.05) is 13.8 Å². The number of amides is 2. The third kappa shape index (κ3) is 2.34. The molecule has 20 heavy (non-hydrogen) atoms. The van der Waals surface area contributed by atoms with E-state index in [1.54, 1.807) is 0 Å². The van der Waals surface area contributed by atoms with E-state index in [2.05, 4.69) is 0 Å². The third-order valence-corrected chi connectivity index (χ3v) is 5.15. The lowest BCUT2D eigenvalue weighted by molar-refractivity contribution is -0.150. The van der Waals surface area contributed by atoms with Gasteiger partial charge in [0.25, 0.3) is 0 Å². The Balaban J connectivity index is 2.18. The van der Waals surface area contributed by atoms with E-state index in [1.165, 1.54) is 4.90 Å². The summed E-state index contributed by atoms with van der Waals surface area (Å²) in [5.41, 5.74) is -0.548. The van der Waals surface area contributed by atoms with Crippen molar-refractivity contribution in [2.45, 2.75) is 64.8 Å². The quantitative estimate of drug-likeness (QED) is 0.802. The highest BCUT2D eigenvalue weighted by Crippen LogP contribution is 2.42. The number of hydrogen-bond donors (Lipinski definition) is 1. The summed E-state index contributed by atoms with van der Waals surface area (Å²) in [6.45, 7) is 3.89. The minimum Gasteiger partial charge on any atom is -0.481 e. The van der Waals surface area contributed by atoms with Gasteiger partial charge >= 0.3 is 5.97 Å². The molecule has 2 fully saturated rings. The standard InChI is InChI=1S/C15H23NO4/c1-3-15(4-2)9-12(17)16(14(15)20)11-7-5-6-10(8-11)13(18)19/h10-11H,3-9H2,1-2H3,(H,18,19). The fraction of sp³-hybridized carbons (Fsp3) is 0.800. The first-order chi connectivity index (χ1) is 9.45. The molecular weight excluding hydrogens is 258 g/mol. The van der Waals surface area contributed by atoms with Gasteiger partial charge in [-0.2, -0.15) is 0 Å². The molecule has 1 saturated carbocycles. The molecule has 5 heteroatoms. The van der Waals surface area contributed by atoms with Gasteiger partial charge < -0.3 is 5.11 Å². The van der Waals surface area contributed by atoms with Gasteiger partial charge in [0.2, 0.25) is 11.8 Å². The number of carboxylic acids is 1. The number of imide groups is 1. The number of carbonyl (C=O) groups is 3. The number of hydrogen-bond acceptors (Lipinski definition) is 3. The summed E-state index contributed by atoms with van der Waals surface area (Å²) >= 11 is 0. The van der Waals surface area contributed by atoms with Crippen molar-refractivity contribution in [2.24, 2.45) is 11.3 Å². The molecule has 0 aromatic heterocycles. The molecule has 0 radical (unpaired) electrons. The lowest BCUT2D eigenvalue weighted by Gasteiger charge is -2.34. The zero-order valence-corrected chi connectivity index (χ0v) is 12.2. The van der Waals surface area contributed by atoms with Gasteiger partial charge in [-0.1, -0.05) is 20.3 Å². The van der Waals surface area contributed by atoms with Gasteiger partial charge in [-0.05, 0) is 32.1 Å². The van der Waals surface area contributed by atoms with E-state index >= 15 is 0 Å². The first kappa shape index (κ1) is 15.0. The molecule has 2 unspecified atom stereocenters. The van der Waals surface area contributed by atoms with Crippen LogP contribution in [0.4, 0.5) is 0 Å². The highest BCUT2D eigenvalue weighted by Gasteiger charge is 2.51. The van der Waals surface area contributed by atoms with Crippen molar-refractivity contribution in [1.82, 2.24) is 4.90 Å². The maximum Gasteiger partial charge on any atom is 0.306 e. The Morgan fingerprint density at radius 2 is 1.95 bits per heavy atom. The number of carboxylic acid groups (broad SMARTS) is 1. The minimum atomic E-state index is -0.814. The summed E-state index contributed by atoms with van der Waals surface area (Å²) in [5, 5.41) is 9.14. The van der Waals surface area contributed by atoms with Crippen molar-refractivity contribution in [2.75, 3.05) is 0 Å². The van der Waals surface area contributed by atoms with Crippen molar-refractivity contribution < 1.29 is 19.5 Å². The molecule has 0 bridgehead atoms. The minimum absolute atomic E-state index is 0.0801. The van der Waals surface area contributed by atoms with E-state index in [0.717, 1.165) is 12.8 Å². The first-order valence-corrected chi connectivity index (χ1v) is 7.54. The molecule has 1 aliphatic heterocycles. The van der Waals surface area contributed by atoms with Gasteiger partial charge in [0.05, 0.1) is 11.3 Å². The monoisotopic (exact) mass is 281 g/mol. The van der Waals surface area contributed by atoms with Crippen LogP contribution < -0.4 is 0 Å². The molecule has 2 amide bonds. The SMILES string of the molecule is CCC1(CC)CC(=O)N(C2CCCC(C(=O)O)C2)C1=O. The number of nitrogens with zero attached hydrogens (tertiary/aromatic N) is 1. The summed E-state index contributed by atoms with van der Waals surface area (Å²) in [7, 11) is 0. The van der Waals surface area contributed by atoms with Gasteiger partial charge in [-0.3, -0.25) is 19.3 Å². The van der Waals surface area contributed by atoms with E-state index in [9.17, 15) is 14.4 Å². The molecule has 1 N–H and O–H groups in total. The molecule has 2 aliphatic rings. The summed E-state index contributed by atoms with van der Waals surface area (Å²) in [6.07, 6.45) is 4.19. The molecule has 0 aromatic rings. The molecule has 112 valence electrons. The van der Waals surface area contributed by atoms with E-state index in [4.69, 9.17) is 5.11 Å². The van der Waals surface area contributed by atoms with Crippen LogP contribution >= 0.6 is 0 Å². The zero-order chi connectivity index (χ0) is 14.9. The summed E-state index contributed by atoms with van der Waals surface area (Å²) in [6, 6.07) is -0.218. The van der Waals surface area contributed by atoms with Crippen LogP contribution in [0.5, 0.6) is 0 Å². The van der Waals surface area contributed by atoms with Crippen LogP contribution in [0.25, 0.3) is 0 Å². The van der Waals surface area contributed by atoms with Crippen molar-refractivity contribution >= 4 is 17.8 Å². The fourth-order valence-corrected chi connectivity index (χ4v) is 3.61. The van der Waals surface area contributed by atoms with E-state index < -0.39 is 17.3 Å². The molecule has 2 atom stereocenters. The lowest BCUT2D eigenvalue weighted by atomic mass is 9.80. The van der Waals surface area contributed by atoms with Gasteiger partial charge in [-0.15, -0.1) is 0 Å². The average molecular weight is 281 g/mol. The second-order valence-corrected chi connectivity index (χ2v) is 6.09. The van der Waals surface area contributed by atoms with Crippen LogP contribution in [-0.2, 0) is 14.4 Å². The molecular formula is C15H23NO4. The van der Waals surface area contributed by atoms with Crippen LogP contribution in [0.1, 0.15) is 58.8 Å². The van der Waals surface area contributed by atoms with Crippen LogP contribution in [-0.4, -0.2) is 33.8 Å². The second kappa shape index (κ2) is 5.54. The molecule has 0 aromatic carbocycles. The summed E-state index contributed by atoms with van der Waals surface area (Å²) in [4.78, 5) is 37.4. The summed E-state index contributed by atoms with van der Waals surface area (Å²) < 4.78 is 0. The number of likely N-dealkylation sites (tertiary alicyclic amines) is 1. The normalized spacial score (nSPS) is 29.8. The smallest absolute Gasteiger partial charge is 0.306 e. The van der Waals surface area contributed by atoms with E-state index in [-0.39, 0.29) is 24.3 Å².